The van der Waals surface area contributed by atoms with E-state index in [1.165, 1.54) is 6.07 Å². The van der Waals surface area contributed by atoms with Crippen LogP contribution in [-0.2, 0) is 16.0 Å². The third-order valence-corrected chi connectivity index (χ3v) is 3.06. The fourth-order valence-corrected chi connectivity index (χ4v) is 2.14. The lowest BCUT2D eigenvalue weighted by Gasteiger charge is -2.30. The second-order valence-electron chi connectivity index (χ2n) is 6.01. The standard InChI is InChI=1S/C15H17N3O4/c1-15(2,3)22-14(20)17-11-7-10-5-4-9(8-16)6-12(10)18(21)13(11)19/h4-6,11,21H,7H2,1-3H3,(H,17,20). The van der Waals surface area contributed by atoms with E-state index in [2.05, 4.69) is 5.32 Å². The molecule has 7 heteroatoms. The summed E-state index contributed by atoms with van der Waals surface area (Å²) in [5.41, 5.74) is 0.568. The Morgan fingerprint density at radius 1 is 1.50 bits per heavy atom. The highest BCUT2D eigenvalue weighted by molar-refractivity contribution is 5.99. The highest BCUT2D eigenvalue weighted by atomic mass is 16.6. The summed E-state index contributed by atoms with van der Waals surface area (Å²) >= 11 is 0. The van der Waals surface area contributed by atoms with Crippen molar-refractivity contribution in [1.82, 2.24) is 5.32 Å². The molecule has 1 atom stereocenters. The van der Waals surface area contributed by atoms with E-state index in [0.717, 1.165) is 0 Å². The molecule has 0 spiro atoms. The quantitative estimate of drug-likeness (QED) is 0.769. The van der Waals surface area contributed by atoms with Gasteiger partial charge in [-0.2, -0.15) is 10.3 Å². The lowest BCUT2D eigenvalue weighted by atomic mass is 9.97. The summed E-state index contributed by atoms with van der Waals surface area (Å²) in [4.78, 5) is 23.9. The van der Waals surface area contributed by atoms with E-state index >= 15 is 0 Å². The normalized spacial score (nSPS) is 17.5. The van der Waals surface area contributed by atoms with Crippen LogP contribution in [0.1, 0.15) is 31.9 Å². The number of nitrogens with one attached hydrogen (secondary N) is 1. The zero-order chi connectivity index (χ0) is 16.5. The molecule has 7 nitrogen and oxygen atoms in total. The van der Waals surface area contributed by atoms with E-state index in [0.29, 0.717) is 16.2 Å². The molecule has 2 N–H and O–H groups in total. The Morgan fingerprint density at radius 2 is 2.18 bits per heavy atom. The lowest BCUT2D eigenvalue weighted by molar-refractivity contribution is -0.126. The van der Waals surface area contributed by atoms with Crippen LogP contribution in [0.5, 0.6) is 0 Å². The number of rotatable bonds is 1. The number of hydrogen-bond acceptors (Lipinski definition) is 5. The maximum Gasteiger partial charge on any atom is 0.408 e. The first kappa shape index (κ1) is 15.8. The van der Waals surface area contributed by atoms with Crippen molar-refractivity contribution in [3.8, 4) is 6.07 Å². The molecule has 1 unspecified atom stereocenters. The third-order valence-electron chi connectivity index (χ3n) is 3.06. The molecule has 1 heterocycles. The molecule has 0 aromatic heterocycles. The van der Waals surface area contributed by atoms with E-state index in [1.54, 1.807) is 32.9 Å². The largest absolute Gasteiger partial charge is 0.444 e. The Labute approximate surface area is 128 Å². The minimum atomic E-state index is -0.916. The van der Waals surface area contributed by atoms with Gasteiger partial charge < -0.3 is 10.1 Å². The molecule has 0 fully saturated rings. The molecule has 0 saturated heterocycles. The van der Waals surface area contributed by atoms with Gasteiger partial charge in [0.2, 0.25) is 0 Å². The van der Waals surface area contributed by atoms with Gasteiger partial charge in [-0.05, 0) is 38.5 Å². The predicted octanol–water partition coefficient (Wildman–Crippen LogP) is 1.73. The first-order valence-corrected chi connectivity index (χ1v) is 6.76. The number of hydrogen-bond donors (Lipinski definition) is 2. The number of nitrogens with zero attached hydrogens (tertiary/aromatic N) is 2. The van der Waals surface area contributed by atoms with Crippen LogP contribution in [0.4, 0.5) is 10.5 Å². The van der Waals surface area contributed by atoms with Gasteiger partial charge in [0.1, 0.15) is 11.6 Å². The van der Waals surface area contributed by atoms with Crippen LogP contribution in [0.25, 0.3) is 0 Å². The van der Waals surface area contributed by atoms with E-state index in [-0.39, 0.29) is 12.1 Å². The van der Waals surface area contributed by atoms with Gasteiger partial charge in [0, 0.05) is 6.42 Å². The molecule has 116 valence electrons. The molecule has 2 rings (SSSR count). The number of amides is 2. The topological polar surface area (TPSA) is 103 Å². The molecule has 0 saturated carbocycles. The summed E-state index contributed by atoms with van der Waals surface area (Å²) in [6, 6.07) is 5.69. The number of hydroxylamine groups is 1. The van der Waals surface area contributed by atoms with Crippen molar-refractivity contribution in [2.24, 2.45) is 0 Å². The number of alkyl carbamates (subject to hydrolysis) is 1. The van der Waals surface area contributed by atoms with Crippen LogP contribution in [0.3, 0.4) is 0 Å². The van der Waals surface area contributed by atoms with Crippen LogP contribution < -0.4 is 10.4 Å². The van der Waals surface area contributed by atoms with Crippen molar-refractivity contribution in [3.63, 3.8) is 0 Å². The van der Waals surface area contributed by atoms with Crippen molar-refractivity contribution in [2.45, 2.75) is 38.8 Å². The van der Waals surface area contributed by atoms with Crippen LogP contribution in [0.15, 0.2) is 18.2 Å². The number of fused-ring (bicyclic) bond motifs is 1. The van der Waals surface area contributed by atoms with E-state index < -0.39 is 23.6 Å². The first-order valence-electron chi connectivity index (χ1n) is 6.76. The average molecular weight is 303 g/mol. The van der Waals surface area contributed by atoms with Crippen LogP contribution in [-0.4, -0.2) is 28.9 Å². The van der Waals surface area contributed by atoms with E-state index in [9.17, 15) is 14.8 Å². The van der Waals surface area contributed by atoms with Gasteiger partial charge in [-0.25, -0.2) is 4.79 Å². The van der Waals surface area contributed by atoms with E-state index in [4.69, 9.17) is 10.00 Å². The maximum atomic E-state index is 12.1. The van der Waals surface area contributed by atoms with Crippen LogP contribution in [0, 0.1) is 11.3 Å². The smallest absolute Gasteiger partial charge is 0.408 e. The molecule has 2 amide bonds. The lowest BCUT2D eigenvalue weighted by Crippen LogP contribution is -2.52. The summed E-state index contributed by atoms with van der Waals surface area (Å²) in [5, 5.41) is 21.7. The average Bonchev–Trinajstić information content (AvgIpc) is 2.42. The molecule has 0 bridgehead atoms. The van der Waals surface area contributed by atoms with Crippen LogP contribution in [0.2, 0.25) is 0 Å². The molecular weight excluding hydrogens is 286 g/mol. The molecular formula is C15H17N3O4. The summed E-state index contributed by atoms with van der Waals surface area (Å²) in [5.74, 6) is -0.673. The minimum absolute atomic E-state index is 0.218. The highest BCUT2D eigenvalue weighted by Crippen LogP contribution is 2.27. The third kappa shape index (κ3) is 3.35. The molecule has 1 aliphatic heterocycles. The molecule has 0 radical (unpaired) electrons. The summed E-state index contributed by atoms with van der Waals surface area (Å²) in [7, 11) is 0. The molecule has 0 aliphatic carbocycles. The summed E-state index contributed by atoms with van der Waals surface area (Å²) < 4.78 is 5.10. The number of nitriles is 1. The van der Waals surface area contributed by atoms with Crippen molar-refractivity contribution < 1.29 is 19.5 Å². The van der Waals surface area contributed by atoms with Crippen LogP contribution >= 0.6 is 0 Å². The zero-order valence-corrected chi connectivity index (χ0v) is 12.6. The Balaban J connectivity index is 2.18. The maximum absolute atomic E-state index is 12.1. The van der Waals surface area contributed by atoms with E-state index in [1.807, 2.05) is 6.07 Å². The number of carbonyl (C=O) groups excluding carboxylic acids is 2. The van der Waals surface area contributed by atoms with Gasteiger partial charge >= 0.3 is 6.09 Å². The SMILES string of the molecule is CC(C)(C)OC(=O)NC1Cc2ccc(C#N)cc2N(O)C1=O. The fraction of sp³-hybridized carbons (Fsp3) is 0.400. The Hall–Kier alpha value is -2.59. The summed E-state index contributed by atoms with van der Waals surface area (Å²) in [6.45, 7) is 5.14. The van der Waals surface area contributed by atoms with Gasteiger partial charge in [-0.1, -0.05) is 6.07 Å². The molecule has 1 aromatic carbocycles. The van der Waals surface area contributed by atoms with Gasteiger partial charge in [-0.3, -0.25) is 10.0 Å². The molecule has 22 heavy (non-hydrogen) atoms. The van der Waals surface area contributed by atoms with Gasteiger partial charge in [0.05, 0.1) is 17.3 Å². The number of benzene rings is 1. The monoisotopic (exact) mass is 303 g/mol. The summed E-state index contributed by atoms with van der Waals surface area (Å²) in [6.07, 6.45) is -0.507. The molecule has 1 aromatic rings. The van der Waals surface area contributed by atoms with Gasteiger partial charge in [-0.15, -0.1) is 0 Å². The van der Waals surface area contributed by atoms with Crippen molar-refractivity contribution in [2.75, 3.05) is 5.06 Å². The molecule has 1 aliphatic rings. The van der Waals surface area contributed by atoms with Crippen molar-refractivity contribution >= 4 is 17.7 Å². The Kier molecular flexibility index (Phi) is 4.06. The Bertz CT molecular complexity index is 658. The number of carbonyl (C=O) groups is 2. The second-order valence-corrected chi connectivity index (χ2v) is 6.01. The highest BCUT2D eigenvalue weighted by Gasteiger charge is 2.34. The minimum Gasteiger partial charge on any atom is -0.444 e. The predicted molar refractivity (Wildman–Crippen MR) is 77.3 cm³/mol. The second kappa shape index (κ2) is 5.66. The van der Waals surface area contributed by atoms with Crippen molar-refractivity contribution in [1.29, 1.82) is 5.26 Å². The zero-order valence-electron chi connectivity index (χ0n) is 12.6. The number of anilines is 1. The number of ether oxygens (including phenoxy) is 1. The Morgan fingerprint density at radius 3 is 2.77 bits per heavy atom. The fourth-order valence-electron chi connectivity index (χ4n) is 2.14. The first-order chi connectivity index (χ1) is 10.2. The van der Waals surface area contributed by atoms with Gasteiger partial charge in [0.15, 0.2) is 0 Å². The van der Waals surface area contributed by atoms with Crippen molar-refractivity contribution in [3.05, 3.63) is 29.3 Å². The van der Waals surface area contributed by atoms with Gasteiger partial charge in [0.25, 0.3) is 5.91 Å².